The van der Waals surface area contributed by atoms with Crippen LogP contribution < -0.4 is 4.90 Å². The lowest BCUT2D eigenvalue weighted by atomic mass is 9.92. The van der Waals surface area contributed by atoms with E-state index in [0.717, 1.165) is 44.6 Å². The fourth-order valence-corrected chi connectivity index (χ4v) is 3.69. The van der Waals surface area contributed by atoms with E-state index in [4.69, 9.17) is 11.6 Å². The van der Waals surface area contributed by atoms with Gasteiger partial charge in [-0.15, -0.1) is 0 Å². The molecule has 3 rings (SSSR count). The summed E-state index contributed by atoms with van der Waals surface area (Å²) in [6, 6.07) is 3.52. The van der Waals surface area contributed by atoms with Crippen molar-refractivity contribution >= 4 is 23.3 Å². The number of piperidine rings is 1. The van der Waals surface area contributed by atoms with E-state index in [-0.39, 0.29) is 12.0 Å². The summed E-state index contributed by atoms with van der Waals surface area (Å²) in [6.07, 6.45) is 3.71. The van der Waals surface area contributed by atoms with Gasteiger partial charge >= 0.3 is 0 Å². The van der Waals surface area contributed by atoms with E-state index >= 15 is 0 Å². The number of aliphatic hydroxyl groups is 1. The van der Waals surface area contributed by atoms with Crippen LogP contribution in [0.4, 0.5) is 5.82 Å². The summed E-state index contributed by atoms with van der Waals surface area (Å²) < 4.78 is 0. The van der Waals surface area contributed by atoms with Crippen molar-refractivity contribution in [3.63, 3.8) is 0 Å². The molecule has 5 nitrogen and oxygen atoms in total. The highest BCUT2D eigenvalue weighted by Gasteiger charge is 2.27. The third-order valence-corrected chi connectivity index (χ3v) is 5.16. The summed E-state index contributed by atoms with van der Waals surface area (Å²) in [5, 5.41) is 10.1. The highest BCUT2D eigenvalue weighted by Crippen LogP contribution is 2.25. The monoisotopic (exact) mass is 337 g/mol. The zero-order chi connectivity index (χ0) is 16.4. The van der Waals surface area contributed by atoms with Crippen LogP contribution in [0.5, 0.6) is 0 Å². The van der Waals surface area contributed by atoms with Crippen molar-refractivity contribution < 1.29 is 9.90 Å². The van der Waals surface area contributed by atoms with Gasteiger partial charge < -0.3 is 14.9 Å². The molecule has 0 aliphatic carbocycles. The summed E-state index contributed by atoms with van der Waals surface area (Å²) in [5.41, 5.74) is 0.613. The minimum absolute atomic E-state index is 0.0128. The van der Waals surface area contributed by atoms with Crippen molar-refractivity contribution in [1.29, 1.82) is 0 Å². The van der Waals surface area contributed by atoms with Gasteiger partial charge in [0, 0.05) is 31.7 Å². The fourth-order valence-electron chi connectivity index (χ4n) is 3.48. The smallest absolute Gasteiger partial charge is 0.254 e. The van der Waals surface area contributed by atoms with Crippen LogP contribution in [0.3, 0.4) is 0 Å². The average molecular weight is 338 g/mol. The molecule has 126 valence electrons. The predicted molar refractivity (Wildman–Crippen MR) is 91.0 cm³/mol. The van der Waals surface area contributed by atoms with Gasteiger partial charge in [-0.25, -0.2) is 4.98 Å². The Kier molecular flexibility index (Phi) is 5.07. The van der Waals surface area contributed by atoms with Gasteiger partial charge in [-0.05, 0) is 50.7 Å². The molecular formula is C17H24ClN3O2. The van der Waals surface area contributed by atoms with Gasteiger partial charge in [0.15, 0.2) is 0 Å². The first kappa shape index (κ1) is 16.5. The van der Waals surface area contributed by atoms with Gasteiger partial charge in [-0.2, -0.15) is 0 Å². The SMILES string of the molecule is CC(O)C1CCN(C(=O)c2cc(Cl)nc(N3CCCC3)c2)CC1. The van der Waals surface area contributed by atoms with Crippen LogP contribution in [0.1, 0.15) is 43.0 Å². The Morgan fingerprint density at radius 3 is 2.52 bits per heavy atom. The van der Waals surface area contributed by atoms with Crippen molar-refractivity contribution in [3.8, 4) is 0 Å². The molecule has 1 amide bonds. The molecule has 0 radical (unpaired) electrons. The lowest BCUT2D eigenvalue weighted by molar-refractivity contribution is 0.0521. The molecule has 6 heteroatoms. The van der Waals surface area contributed by atoms with E-state index < -0.39 is 0 Å². The zero-order valence-electron chi connectivity index (χ0n) is 13.5. The van der Waals surface area contributed by atoms with Gasteiger partial charge in [0.05, 0.1) is 6.10 Å². The van der Waals surface area contributed by atoms with Crippen LogP contribution in [-0.4, -0.2) is 53.2 Å². The van der Waals surface area contributed by atoms with Crippen molar-refractivity contribution in [1.82, 2.24) is 9.88 Å². The predicted octanol–water partition coefficient (Wildman–Crippen LogP) is 2.57. The van der Waals surface area contributed by atoms with Crippen molar-refractivity contribution in [2.45, 2.75) is 38.7 Å². The maximum absolute atomic E-state index is 12.8. The quantitative estimate of drug-likeness (QED) is 0.861. The van der Waals surface area contributed by atoms with Crippen LogP contribution in [0.2, 0.25) is 5.15 Å². The van der Waals surface area contributed by atoms with Crippen LogP contribution >= 0.6 is 11.6 Å². The van der Waals surface area contributed by atoms with Gasteiger partial charge in [0.1, 0.15) is 11.0 Å². The molecular weight excluding hydrogens is 314 g/mol. The number of carbonyl (C=O) groups excluding carboxylic acids is 1. The molecule has 0 saturated carbocycles. The molecule has 0 aromatic carbocycles. The first-order valence-electron chi connectivity index (χ1n) is 8.44. The fraction of sp³-hybridized carbons (Fsp3) is 0.647. The third kappa shape index (κ3) is 3.78. The number of nitrogens with zero attached hydrogens (tertiary/aromatic N) is 3. The second-order valence-corrected chi connectivity index (χ2v) is 6.99. The molecule has 3 heterocycles. The maximum atomic E-state index is 12.8. The summed E-state index contributed by atoms with van der Waals surface area (Å²) in [5.74, 6) is 1.11. The molecule has 0 bridgehead atoms. The Morgan fingerprint density at radius 1 is 1.26 bits per heavy atom. The summed E-state index contributed by atoms with van der Waals surface area (Å²) in [6.45, 7) is 5.15. The number of amides is 1. The molecule has 1 atom stereocenters. The van der Waals surface area contributed by atoms with E-state index in [0.29, 0.717) is 29.7 Å². The minimum Gasteiger partial charge on any atom is -0.393 e. The molecule has 1 unspecified atom stereocenters. The van der Waals surface area contributed by atoms with Gasteiger partial charge in [-0.1, -0.05) is 11.6 Å². The zero-order valence-corrected chi connectivity index (χ0v) is 14.3. The van der Waals surface area contributed by atoms with Gasteiger partial charge in [0.25, 0.3) is 5.91 Å². The number of carbonyl (C=O) groups is 1. The third-order valence-electron chi connectivity index (χ3n) is 4.97. The van der Waals surface area contributed by atoms with E-state index in [1.807, 2.05) is 17.9 Å². The molecule has 0 spiro atoms. The second kappa shape index (κ2) is 7.05. The highest BCUT2D eigenvalue weighted by molar-refractivity contribution is 6.29. The maximum Gasteiger partial charge on any atom is 0.254 e. The van der Waals surface area contributed by atoms with Gasteiger partial charge in [-0.3, -0.25) is 4.79 Å². The molecule has 2 aliphatic rings. The molecule has 1 aromatic heterocycles. The number of halogens is 1. The van der Waals surface area contributed by atoms with Crippen molar-refractivity contribution in [3.05, 3.63) is 22.8 Å². The summed E-state index contributed by atoms with van der Waals surface area (Å²) >= 11 is 6.13. The standard InChI is InChI=1S/C17H24ClN3O2/c1-12(22)13-4-8-21(9-5-13)17(23)14-10-15(18)19-16(11-14)20-6-2-3-7-20/h10-13,22H,2-9H2,1H3. The number of anilines is 1. The number of pyridine rings is 1. The van der Waals surface area contributed by atoms with Crippen molar-refractivity contribution in [2.24, 2.45) is 5.92 Å². The van der Waals surface area contributed by atoms with Crippen molar-refractivity contribution in [2.75, 3.05) is 31.1 Å². The van der Waals surface area contributed by atoms with E-state index in [1.165, 1.54) is 0 Å². The van der Waals surface area contributed by atoms with E-state index in [9.17, 15) is 9.90 Å². The first-order chi connectivity index (χ1) is 11.0. The lowest BCUT2D eigenvalue weighted by Gasteiger charge is -2.33. The highest BCUT2D eigenvalue weighted by atomic mass is 35.5. The Labute approximate surface area is 142 Å². The summed E-state index contributed by atoms with van der Waals surface area (Å²) in [7, 11) is 0. The number of hydrogen-bond acceptors (Lipinski definition) is 4. The molecule has 1 aromatic rings. The number of hydrogen-bond donors (Lipinski definition) is 1. The van der Waals surface area contributed by atoms with Crippen LogP contribution in [0.15, 0.2) is 12.1 Å². The molecule has 1 N–H and O–H groups in total. The first-order valence-corrected chi connectivity index (χ1v) is 8.82. The van der Waals surface area contributed by atoms with Crippen LogP contribution in [0.25, 0.3) is 0 Å². The lowest BCUT2D eigenvalue weighted by Crippen LogP contribution is -2.40. The number of aromatic nitrogens is 1. The molecule has 23 heavy (non-hydrogen) atoms. The Bertz CT molecular complexity index is 565. The van der Waals surface area contributed by atoms with Crippen LogP contribution in [0, 0.1) is 5.92 Å². The number of aliphatic hydroxyl groups excluding tert-OH is 1. The average Bonchev–Trinajstić information content (AvgIpc) is 3.08. The number of likely N-dealkylation sites (tertiary alicyclic amines) is 1. The Morgan fingerprint density at radius 2 is 1.91 bits per heavy atom. The van der Waals surface area contributed by atoms with E-state index in [2.05, 4.69) is 9.88 Å². The molecule has 2 saturated heterocycles. The second-order valence-electron chi connectivity index (χ2n) is 6.60. The van der Waals surface area contributed by atoms with Gasteiger partial charge in [0.2, 0.25) is 0 Å². The summed E-state index contributed by atoms with van der Waals surface area (Å²) in [4.78, 5) is 21.2. The number of rotatable bonds is 3. The normalized spacial score (nSPS) is 20.8. The Hall–Kier alpha value is -1.33. The van der Waals surface area contributed by atoms with E-state index in [1.54, 1.807) is 6.07 Å². The minimum atomic E-state index is -0.301. The topological polar surface area (TPSA) is 56.7 Å². The van der Waals surface area contributed by atoms with Crippen LogP contribution in [-0.2, 0) is 0 Å². The molecule has 2 fully saturated rings. The largest absolute Gasteiger partial charge is 0.393 e. The Balaban J connectivity index is 1.72. The molecule has 2 aliphatic heterocycles.